The Morgan fingerprint density at radius 3 is 2.96 bits per heavy atom. The first-order valence-electron chi connectivity index (χ1n) is 8.53. The Balaban J connectivity index is 1.48. The van der Waals surface area contributed by atoms with Crippen molar-refractivity contribution in [2.45, 2.75) is 25.8 Å². The molecule has 1 fully saturated rings. The number of anilines is 1. The van der Waals surface area contributed by atoms with Crippen LogP contribution in [0.2, 0.25) is 0 Å². The lowest BCUT2D eigenvalue weighted by atomic mass is 10.1. The zero-order chi connectivity index (χ0) is 18.4. The van der Waals surface area contributed by atoms with Gasteiger partial charge in [0.1, 0.15) is 12.3 Å². The quantitative estimate of drug-likeness (QED) is 0.813. The molecule has 1 aromatic carbocycles. The summed E-state index contributed by atoms with van der Waals surface area (Å²) in [5.74, 6) is 0.500. The number of ether oxygens (including phenoxy) is 1. The molecule has 0 bridgehead atoms. The Bertz CT molecular complexity index is 768. The highest BCUT2D eigenvalue weighted by Gasteiger charge is 2.19. The number of hydrogen-bond acceptors (Lipinski definition) is 5. The minimum atomic E-state index is -0.153. The van der Waals surface area contributed by atoms with Crippen molar-refractivity contribution in [2.24, 2.45) is 0 Å². The van der Waals surface area contributed by atoms with Crippen molar-refractivity contribution in [3.8, 4) is 5.75 Å². The molecular weight excluding hydrogens is 336 g/mol. The molecule has 0 radical (unpaired) electrons. The molecule has 0 unspecified atom stereocenters. The van der Waals surface area contributed by atoms with E-state index < -0.39 is 0 Å². The summed E-state index contributed by atoms with van der Waals surface area (Å²) in [6, 6.07) is 7.63. The second-order valence-electron chi connectivity index (χ2n) is 5.97. The standard InChI is InChI=1S/C18H22N4O4/c1-25-16-6-3-2-5-14(16)7-8-17(23)20-15-11-19-21(12-15)13-18(24)22-9-4-10-26-22/h2-3,5-6,11-12H,4,7-10,13H2,1H3,(H,20,23). The van der Waals surface area contributed by atoms with E-state index in [9.17, 15) is 9.59 Å². The first-order chi connectivity index (χ1) is 12.7. The van der Waals surface area contributed by atoms with Gasteiger partial charge in [-0.25, -0.2) is 5.06 Å². The number of carbonyl (C=O) groups excluding carboxylic acids is 2. The van der Waals surface area contributed by atoms with Gasteiger partial charge in [0.2, 0.25) is 5.91 Å². The lowest BCUT2D eigenvalue weighted by Gasteiger charge is -2.13. The number of hydrogen-bond donors (Lipinski definition) is 1. The van der Waals surface area contributed by atoms with E-state index in [1.165, 1.54) is 15.9 Å². The Morgan fingerprint density at radius 1 is 1.35 bits per heavy atom. The Morgan fingerprint density at radius 2 is 2.19 bits per heavy atom. The topological polar surface area (TPSA) is 85.7 Å². The number of aryl methyl sites for hydroxylation is 1. The number of methoxy groups -OCH3 is 1. The number of nitrogens with one attached hydrogen (secondary N) is 1. The zero-order valence-corrected chi connectivity index (χ0v) is 14.7. The van der Waals surface area contributed by atoms with Crippen LogP contribution in [0.25, 0.3) is 0 Å². The Labute approximate surface area is 151 Å². The predicted octanol–water partition coefficient (Wildman–Crippen LogP) is 1.63. The first kappa shape index (κ1) is 17.9. The number of carbonyl (C=O) groups is 2. The van der Waals surface area contributed by atoms with Crippen LogP contribution >= 0.6 is 0 Å². The fourth-order valence-corrected chi connectivity index (χ4v) is 2.76. The van der Waals surface area contributed by atoms with Gasteiger partial charge in [0, 0.05) is 12.6 Å². The number of para-hydroxylation sites is 1. The molecule has 0 spiro atoms. The van der Waals surface area contributed by atoms with E-state index in [1.54, 1.807) is 13.3 Å². The van der Waals surface area contributed by atoms with Crippen molar-refractivity contribution in [3.63, 3.8) is 0 Å². The molecule has 0 atom stereocenters. The molecule has 3 rings (SSSR count). The number of aromatic nitrogens is 2. The van der Waals surface area contributed by atoms with Gasteiger partial charge >= 0.3 is 0 Å². The maximum absolute atomic E-state index is 12.1. The van der Waals surface area contributed by atoms with Gasteiger partial charge in [-0.2, -0.15) is 5.10 Å². The monoisotopic (exact) mass is 358 g/mol. The summed E-state index contributed by atoms with van der Waals surface area (Å²) >= 11 is 0. The highest BCUT2D eigenvalue weighted by atomic mass is 16.7. The third-order valence-corrected chi connectivity index (χ3v) is 4.06. The predicted molar refractivity (Wildman–Crippen MR) is 94.5 cm³/mol. The van der Waals surface area contributed by atoms with Crippen LogP contribution in [0.5, 0.6) is 5.75 Å². The summed E-state index contributed by atoms with van der Waals surface area (Å²) in [5.41, 5.74) is 1.54. The normalized spacial score (nSPS) is 13.7. The average molecular weight is 358 g/mol. The van der Waals surface area contributed by atoms with Gasteiger partial charge in [0.05, 0.1) is 32.1 Å². The number of hydroxylamine groups is 2. The van der Waals surface area contributed by atoms with E-state index in [2.05, 4.69) is 10.4 Å². The number of benzene rings is 1. The van der Waals surface area contributed by atoms with E-state index >= 15 is 0 Å². The Hall–Kier alpha value is -2.87. The summed E-state index contributed by atoms with van der Waals surface area (Å²) < 4.78 is 6.77. The molecular formula is C18H22N4O4. The van der Waals surface area contributed by atoms with Crippen molar-refractivity contribution in [1.29, 1.82) is 0 Å². The van der Waals surface area contributed by atoms with Crippen LogP contribution in [0.15, 0.2) is 36.7 Å². The van der Waals surface area contributed by atoms with Crippen LogP contribution in [-0.4, -0.2) is 46.9 Å². The fraction of sp³-hybridized carbons (Fsp3) is 0.389. The molecule has 1 saturated heterocycles. The molecule has 1 aliphatic rings. The molecule has 1 N–H and O–H groups in total. The van der Waals surface area contributed by atoms with Crippen molar-refractivity contribution in [3.05, 3.63) is 42.2 Å². The van der Waals surface area contributed by atoms with Gasteiger partial charge in [-0.3, -0.25) is 19.1 Å². The first-order valence-corrected chi connectivity index (χ1v) is 8.53. The molecule has 1 aliphatic heterocycles. The highest BCUT2D eigenvalue weighted by Crippen LogP contribution is 2.19. The van der Waals surface area contributed by atoms with Crippen LogP contribution in [-0.2, 0) is 27.4 Å². The molecule has 0 saturated carbocycles. The van der Waals surface area contributed by atoms with Crippen LogP contribution < -0.4 is 10.1 Å². The third kappa shape index (κ3) is 4.60. The minimum absolute atomic E-state index is 0.0804. The summed E-state index contributed by atoms with van der Waals surface area (Å²) in [4.78, 5) is 29.4. The molecule has 8 heteroatoms. The molecule has 26 heavy (non-hydrogen) atoms. The molecule has 8 nitrogen and oxygen atoms in total. The van der Waals surface area contributed by atoms with Gasteiger partial charge in [-0.05, 0) is 24.5 Å². The summed E-state index contributed by atoms with van der Waals surface area (Å²) in [6.07, 6.45) is 4.91. The summed E-state index contributed by atoms with van der Waals surface area (Å²) in [7, 11) is 1.61. The van der Waals surface area contributed by atoms with E-state index in [0.717, 1.165) is 17.7 Å². The Kier molecular flexibility index (Phi) is 5.85. The fourth-order valence-electron chi connectivity index (χ4n) is 2.76. The van der Waals surface area contributed by atoms with Crippen molar-refractivity contribution in [1.82, 2.24) is 14.8 Å². The van der Waals surface area contributed by atoms with Crippen molar-refractivity contribution >= 4 is 17.5 Å². The minimum Gasteiger partial charge on any atom is -0.496 e. The lowest BCUT2D eigenvalue weighted by Crippen LogP contribution is -2.30. The number of amides is 2. The van der Waals surface area contributed by atoms with Crippen molar-refractivity contribution < 1.29 is 19.2 Å². The summed E-state index contributed by atoms with van der Waals surface area (Å²) in [5, 5.41) is 8.25. The van der Waals surface area contributed by atoms with Gasteiger partial charge in [0.25, 0.3) is 5.91 Å². The SMILES string of the molecule is COc1ccccc1CCC(=O)Nc1cnn(CC(=O)N2CCCO2)c1. The smallest absolute Gasteiger partial charge is 0.267 e. The van der Waals surface area contributed by atoms with Crippen LogP contribution in [0.1, 0.15) is 18.4 Å². The van der Waals surface area contributed by atoms with Crippen molar-refractivity contribution in [2.75, 3.05) is 25.6 Å². The van der Waals surface area contributed by atoms with Crippen LogP contribution in [0.3, 0.4) is 0 Å². The second kappa shape index (κ2) is 8.48. The van der Waals surface area contributed by atoms with E-state index in [0.29, 0.717) is 31.7 Å². The number of nitrogens with zero attached hydrogens (tertiary/aromatic N) is 3. The van der Waals surface area contributed by atoms with Gasteiger partial charge in [-0.1, -0.05) is 18.2 Å². The van der Waals surface area contributed by atoms with Gasteiger partial charge in [0.15, 0.2) is 0 Å². The molecule has 2 amide bonds. The van der Waals surface area contributed by atoms with Crippen LogP contribution in [0.4, 0.5) is 5.69 Å². The van der Waals surface area contributed by atoms with E-state index in [-0.39, 0.29) is 18.4 Å². The second-order valence-corrected chi connectivity index (χ2v) is 5.97. The van der Waals surface area contributed by atoms with E-state index in [1.807, 2.05) is 24.3 Å². The third-order valence-electron chi connectivity index (χ3n) is 4.06. The molecule has 1 aromatic heterocycles. The largest absolute Gasteiger partial charge is 0.496 e. The zero-order valence-electron chi connectivity index (χ0n) is 14.7. The number of rotatable bonds is 7. The average Bonchev–Trinajstić information content (AvgIpc) is 3.32. The molecule has 2 aromatic rings. The van der Waals surface area contributed by atoms with Gasteiger partial charge < -0.3 is 10.1 Å². The lowest BCUT2D eigenvalue weighted by molar-refractivity contribution is -0.169. The maximum atomic E-state index is 12.1. The summed E-state index contributed by atoms with van der Waals surface area (Å²) in [6.45, 7) is 1.25. The maximum Gasteiger partial charge on any atom is 0.267 e. The van der Waals surface area contributed by atoms with Crippen LogP contribution in [0, 0.1) is 0 Å². The molecule has 138 valence electrons. The van der Waals surface area contributed by atoms with Gasteiger partial charge in [-0.15, -0.1) is 0 Å². The van der Waals surface area contributed by atoms with E-state index in [4.69, 9.17) is 9.57 Å². The molecule has 2 heterocycles. The molecule has 0 aliphatic carbocycles. The highest BCUT2D eigenvalue weighted by molar-refractivity contribution is 5.90.